The van der Waals surface area contributed by atoms with Gasteiger partial charge in [0.05, 0.1) is 11.6 Å². The molecule has 0 spiro atoms. The number of aromatic nitrogens is 4. The number of rotatable bonds is 4. The number of anilines is 1. The Labute approximate surface area is 157 Å². The quantitative estimate of drug-likeness (QED) is 0.852. The Bertz CT molecular complexity index is 839. The van der Waals surface area contributed by atoms with Crippen molar-refractivity contribution in [2.45, 2.75) is 39.5 Å². The van der Waals surface area contributed by atoms with E-state index in [2.05, 4.69) is 20.8 Å². The third kappa shape index (κ3) is 4.07. The van der Waals surface area contributed by atoms with Gasteiger partial charge in [-0.05, 0) is 54.0 Å². The molecule has 0 saturated carbocycles. The van der Waals surface area contributed by atoms with Gasteiger partial charge in [-0.3, -0.25) is 4.79 Å². The van der Waals surface area contributed by atoms with Crippen molar-refractivity contribution in [1.29, 1.82) is 0 Å². The lowest BCUT2D eigenvalue weighted by molar-refractivity contribution is -0.143. The maximum Gasteiger partial charge on any atom is 0.321 e. The molecule has 2 amide bonds. The van der Waals surface area contributed by atoms with Crippen LogP contribution in [0.3, 0.4) is 0 Å². The van der Waals surface area contributed by atoms with Gasteiger partial charge in [-0.2, -0.15) is 4.68 Å². The molecule has 0 unspecified atom stereocenters. The number of nitrogens with one attached hydrogen (secondary N) is 1. The van der Waals surface area contributed by atoms with Crippen molar-refractivity contribution in [3.8, 4) is 5.69 Å². The number of aryl methyl sites for hydroxylation is 1. The summed E-state index contributed by atoms with van der Waals surface area (Å²) in [7, 11) is 0. The summed E-state index contributed by atoms with van der Waals surface area (Å²) in [5.74, 6) is -0.185. The number of likely N-dealkylation sites (tertiary alicyclic amines) is 1. The van der Waals surface area contributed by atoms with Crippen LogP contribution in [-0.2, 0) is 4.79 Å². The molecule has 2 heterocycles. The van der Waals surface area contributed by atoms with Crippen molar-refractivity contribution in [1.82, 2.24) is 25.1 Å². The number of carboxylic acids is 1. The third-order valence-electron chi connectivity index (χ3n) is 4.82. The number of piperidine rings is 1. The first-order valence-corrected chi connectivity index (χ1v) is 9.05. The van der Waals surface area contributed by atoms with Crippen LogP contribution in [0.15, 0.2) is 18.2 Å². The number of aliphatic carboxylic acids is 1. The van der Waals surface area contributed by atoms with Gasteiger partial charge in [-0.25, -0.2) is 4.79 Å². The number of amides is 2. The lowest BCUT2D eigenvalue weighted by Gasteiger charge is -2.30. The summed E-state index contributed by atoms with van der Waals surface area (Å²) >= 11 is 0. The van der Waals surface area contributed by atoms with Crippen LogP contribution in [0.1, 0.15) is 44.0 Å². The summed E-state index contributed by atoms with van der Waals surface area (Å²) < 4.78 is 1.71. The van der Waals surface area contributed by atoms with Crippen LogP contribution in [0.5, 0.6) is 0 Å². The molecule has 27 heavy (non-hydrogen) atoms. The van der Waals surface area contributed by atoms with E-state index in [1.54, 1.807) is 9.58 Å². The summed E-state index contributed by atoms with van der Waals surface area (Å²) in [6.07, 6.45) is 0.968. The standard InChI is InChI=1S/C18H24N6O3/c1-11(2)16-20-21-22-24(16)15-5-4-14(10-12(15)3)19-18(27)23-8-6-13(7-9-23)17(25)26/h4-5,10-11,13H,6-9H2,1-3H3,(H,19,27)(H,25,26). The summed E-state index contributed by atoms with van der Waals surface area (Å²) in [5.41, 5.74) is 2.48. The van der Waals surface area contributed by atoms with E-state index in [1.807, 2.05) is 39.0 Å². The molecule has 1 fully saturated rings. The van der Waals surface area contributed by atoms with Crippen LogP contribution in [0, 0.1) is 12.8 Å². The number of nitrogens with zero attached hydrogens (tertiary/aromatic N) is 5. The Kier molecular flexibility index (Phi) is 5.38. The molecule has 1 saturated heterocycles. The van der Waals surface area contributed by atoms with Crippen LogP contribution >= 0.6 is 0 Å². The van der Waals surface area contributed by atoms with Gasteiger partial charge in [-0.15, -0.1) is 5.10 Å². The first-order valence-electron chi connectivity index (χ1n) is 9.05. The highest BCUT2D eigenvalue weighted by molar-refractivity contribution is 5.89. The number of carboxylic acid groups (broad SMARTS) is 1. The average Bonchev–Trinajstić information content (AvgIpc) is 3.11. The molecule has 3 rings (SSSR count). The smallest absolute Gasteiger partial charge is 0.321 e. The van der Waals surface area contributed by atoms with Crippen LogP contribution < -0.4 is 5.32 Å². The number of hydrogen-bond donors (Lipinski definition) is 2. The van der Waals surface area contributed by atoms with Crippen molar-refractivity contribution in [3.63, 3.8) is 0 Å². The molecule has 1 aliphatic heterocycles. The highest BCUT2D eigenvalue weighted by Gasteiger charge is 2.27. The Hall–Kier alpha value is -2.97. The zero-order valence-electron chi connectivity index (χ0n) is 15.7. The highest BCUT2D eigenvalue weighted by atomic mass is 16.4. The second-order valence-corrected chi connectivity index (χ2v) is 7.13. The fraction of sp³-hybridized carbons (Fsp3) is 0.500. The SMILES string of the molecule is Cc1cc(NC(=O)N2CCC(C(=O)O)CC2)ccc1-n1nnnc1C(C)C. The second-order valence-electron chi connectivity index (χ2n) is 7.13. The Morgan fingerprint density at radius 1 is 1.26 bits per heavy atom. The molecule has 0 bridgehead atoms. The van der Waals surface area contributed by atoms with E-state index in [-0.39, 0.29) is 17.9 Å². The maximum atomic E-state index is 12.4. The molecule has 2 aromatic rings. The highest BCUT2D eigenvalue weighted by Crippen LogP contribution is 2.23. The van der Waals surface area contributed by atoms with Gasteiger partial charge in [0, 0.05) is 24.7 Å². The lowest BCUT2D eigenvalue weighted by Crippen LogP contribution is -2.42. The molecule has 0 aliphatic carbocycles. The number of urea groups is 1. The fourth-order valence-corrected chi connectivity index (χ4v) is 3.23. The zero-order valence-corrected chi connectivity index (χ0v) is 15.7. The minimum atomic E-state index is -0.787. The van der Waals surface area contributed by atoms with Gasteiger partial charge in [0.2, 0.25) is 0 Å². The monoisotopic (exact) mass is 372 g/mol. The summed E-state index contributed by atoms with van der Waals surface area (Å²) in [6, 6.07) is 5.36. The summed E-state index contributed by atoms with van der Waals surface area (Å²) in [6.45, 7) is 6.89. The van der Waals surface area contributed by atoms with Crippen molar-refractivity contribution < 1.29 is 14.7 Å². The third-order valence-corrected chi connectivity index (χ3v) is 4.82. The lowest BCUT2D eigenvalue weighted by atomic mass is 9.97. The van der Waals surface area contributed by atoms with Crippen molar-refractivity contribution in [3.05, 3.63) is 29.6 Å². The molecular weight excluding hydrogens is 348 g/mol. The van der Waals surface area contributed by atoms with E-state index in [4.69, 9.17) is 5.11 Å². The van der Waals surface area contributed by atoms with E-state index in [0.717, 1.165) is 17.1 Å². The molecule has 1 aromatic heterocycles. The van der Waals surface area contributed by atoms with Gasteiger partial charge in [0.1, 0.15) is 0 Å². The topological polar surface area (TPSA) is 113 Å². The molecule has 0 atom stereocenters. The molecular formula is C18H24N6O3. The molecule has 144 valence electrons. The number of benzene rings is 1. The largest absolute Gasteiger partial charge is 0.481 e. The van der Waals surface area contributed by atoms with Crippen molar-refractivity contribution in [2.75, 3.05) is 18.4 Å². The maximum absolute atomic E-state index is 12.4. The van der Waals surface area contributed by atoms with Crippen LogP contribution in [0.25, 0.3) is 5.69 Å². The van der Waals surface area contributed by atoms with Gasteiger partial charge in [0.25, 0.3) is 0 Å². The molecule has 9 heteroatoms. The van der Waals surface area contributed by atoms with Gasteiger partial charge in [0.15, 0.2) is 5.82 Å². The fourth-order valence-electron chi connectivity index (χ4n) is 3.23. The zero-order chi connectivity index (χ0) is 19.6. The molecule has 9 nitrogen and oxygen atoms in total. The second kappa shape index (κ2) is 7.73. The van der Waals surface area contributed by atoms with E-state index in [1.165, 1.54) is 0 Å². The van der Waals surface area contributed by atoms with Crippen LogP contribution in [0.4, 0.5) is 10.5 Å². The molecule has 1 aromatic carbocycles. The number of hydrogen-bond acceptors (Lipinski definition) is 5. The first kappa shape index (κ1) is 18.8. The van der Waals surface area contributed by atoms with Gasteiger partial charge in [-0.1, -0.05) is 13.8 Å². The summed E-state index contributed by atoms with van der Waals surface area (Å²) in [4.78, 5) is 25.1. The Morgan fingerprint density at radius 2 is 1.96 bits per heavy atom. The summed E-state index contributed by atoms with van der Waals surface area (Å²) in [5, 5.41) is 23.8. The van der Waals surface area contributed by atoms with Crippen LogP contribution in [-0.4, -0.2) is 55.3 Å². The number of carbonyl (C=O) groups is 2. The van der Waals surface area contributed by atoms with Crippen molar-refractivity contribution in [2.24, 2.45) is 5.92 Å². The average molecular weight is 372 g/mol. The molecule has 1 aliphatic rings. The number of tetrazole rings is 1. The predicted molar refractivity (Wildman–Crippen MR) is 98.9 cm³/mol. The van der Waals surface area contributed by atoms with Crippen molar-refractivity contribution >= 4 is 17.7 Å². The molecule has 0 radical (unpaired) electrons. The molecule has 2 N–H and O–H groups in total. The number of carbonyl (C=O) groups excluding carboxylic acids is 1. The minimum absolute atomic E-state index is 0.188. The normalized spacial score (nSPS) is 15.2. The van der Waals surface area contributed by atoms with Gasteiger partial charge >= 0.3 is 12.0 Å². The van der Waals surface area contributed by atoms with Crippen LogP contribution in [0.2, 0.25) is 0 Å². The minimum Gasteiger partial charge on any atom is -0.481 e. The first-order chi connectivity index (χ1) is 12.9. The van der Waals surface area contributed by atoms with E-state index >= 15 is 0 Å². The van der Waals surface area contributed by atoms with E-state index < -0.39 is 5.97 Å². The Balaban J connectivity index is 1.68. The Morgan fingerprint density at radius 3 is 2.56 bits per heavy atom. The van der Waals surface area contributed by atoms with E-state index in [0.29, 0.717) is 31.6 Å². The van der Waals surface area contributed by atoms with E-state index in [9.17, 15) is 9.59 Å². The van der Waals surface area contributed by atoms with Gasteiger partial charge < -0.3 is 15.3 Å². The predicted octanol–water partition coefficient (Wildman–Crippen LogP) is 2.42.